The van der Waals surface area contributed by atoms with Gasteiger partial charge in [-0.15, -0.1) is 5.10 Å². The lowest BCUT2D eigenvalue weighted by atomic mass is 10.1. The van der Waals surface area contributed by atoms with E-state index in [1.54, 1.807) is 4.52 Å². The van der Waals surface area contributed by atoms with Gasteiger partial charge in [0.25, 0.3) is 0 Å². The van der Waals surface area contributed by atoms with Crippen LogP contribution in [-0.4, -0.2) is 19.5 Å². The summed E-state index contributed by atoms with van der Waals surface area (Å²) in [6.07, 6.45) is 0. The number of benzene rings is 2. The van der Waals surface area contributed by atoms with Crippen LogP contribution < -0.4 is 0 Å². The average molecular weight is 365 g/mol. The van der Waals surface area contributed by atoms with Crippen molar-refractivity contribution in [3.63, 3.8) is 0 Å². The summed E-state index contributed by atoms with van der Waals surface area (Å²) in [6.45, 7) is 4.64. The zero-order chi connectivity index (χ0) is 17.7. The molecule has 0 aliphatic carbocycles. The van der Waals surface area contributed by atoms with Gasteiger partial charge in [0.1, 0.15) is 5.76 Å². The normalized spacial score (nSPS) is 14.2. The van der Waals surface area contributed by atoms with Gasteiger partial charge in [-0.25, -0.2) is 0 Å². The van der Waals surface area contributed by atoms with Crippen molar-refractivity contribution in [3.05, 3.63) is 76.1 Å². The SMILES string of the molecule is Cc1c(CN2Cc3ccccc3C2)oc2nc(-c3ccccc3Cl)nn12. The van der Waals surface area contributed by atoms with Gasteiger partial charge in [-0.1, -0.05) is 48.0 Å². The first-order chi connectivity index (χ1) is 12.7. The van der Waals surface area contributed by atoms with Crippen molar-refractivity contribution in [3.8, 4) is 11.4 Å². The molecule has 0 atom stereocenters. The number of aromatic nitrogens is 3. The summed E-state index contributed by atoms with van der Waals surface area (Å²) in [4.78, 5) is 6.89. The molecule has 5 rings (SSSR count). The minimum Gasteiger partial charge on any atom is -0.425 e. The second-order valence-electron chi connectivity index (χ2n) is 6.63. The number of halogens is 1. The molecule has 1 aliphatic heterocycles. The highest BCUT2D eigenvalue weighted by Gasteiger charge is 2.23. The summed E-state index contributed by atoms with van der Waals surface area (Å²) in [5, 5.41) is 5.22. The van der Waals surface area contributed by atoms with E-state index in [9.17, 15) is 0 Å². The van der Waals surface area contributed by atoms with Gasteiger partial charge in [0.05, 0.1) is 17.3 Å². The quantitative estimate of drug-likeness (QED) is 0.538. The summed E-state index contributed by atoms with van der Waals surface area (Å²) in [6, 6.07) is 16.1. The molecule has 0 radical (unpaired) electrons. The van der Waals surface area contributed by atoms with Gasteiger partial charge >= 0.3 is 5.84 Å². The van der Waals surface area contributed by atoms with Crippen LogP contribution in [0.15, 0.2) is 52.9 Å². The molecule has 1 aliphatic rings. The fraction of sp³-hybridized carbons (Fsp3) is 0.200. The first-order valence-corrected chi connectivity index (χ1v) is 8.96. The summed E-state index contributed by atoms with van der Waals surface area (Å²) in [5.74, 6) is 1.99. The molecule has 2 aromatic heterocycles. The van der Waals surface area contributed by atoms with Gasteiger partial charge in [0, 0.05) is 18.7 Å². The average Bonchev–Trinajstić information content (AvgIpc) is 3.30. The number of fused-ring (bicyclic) bond motifs is 2. The lowest BCUT2D eigenvalue weighted by Gasteiger charge is -2.12. The Labute approximate surface area is 155 Å². The molecule has 26 heavy (non-hydrogen) atoms. The highest BCUT2D eigenvalue weighted by atomic mass is 35.5. The van der Waals surface area contributed by atoms with Crippen molar-refractivity contribution in [2.24, 2.45) is 0 Å². The standard InChI is InChI=1S/C20H17ClN4O/c1-13-18(12-24-10-14-6-2-3-7-15(14)11-24)26-20-22-19(23-25(13)20)16-8-4-5-9-17(16)21/h2-9H,10-12H2,1H3. The number of hydrogen-bond donors (Lipinski definition) is 0. The van der Waals surface area contributed by atoms with Gasteiger partial charge < -0.3 is 4.42 Å². The van der Waals surface area contributed by atoms with Crippen LogP contribution >= 0.6 is 11.6 Å². The van der Waals surface area contributed by atoms with Crippen LogP contribution in [0.2, 0.25) is 5.02 Å². The maximum absolute atomic E-state index is 6.26. The predicted octanol–water partition coefficient (Wildman–Crippen LogP) is 4.47. The van der Waals surface area contributed by atoms with Crippen LogP contribution in [-0.2, 0) is 19.6 Å². The van der Waals surface area contributed by atoms with Crippen LogP contribution in [0.1, 0.15) is 22.6 Å². The maximum atomic E-state index is 6.26. The Kier molecular flexibility index (Phi) is 3.58. The Hall–Kier alpha value is -2.63. The Morgan fingerprint density at radius 3 is 2.42 bits per heavy atom. The van der Waals surface area contributed by atoms with E-state index in [1.165, 1.54) is 11.1 Å². The highest BCUT2D eigenvalue weighted by Crippen LogP contribution is 2.28. The van der Waals surface area contributed by atoms with E-state index in [-0.39, 0.29) is 0 Å². The first kappa shape index (κ1) is 15.6. The Morgan fingerprint density at radius 2 is 1.73 bits per heavy atom. The zero-order valence-electron chi connectivity index (χ0n) is 14.3. The molecular weight excluding hydrogens is 348 g/mol. The molecule has 0 bridgehead atoms. The van der Waals surface area contributed by atoms with Crippen LogP contribution in [0.5, 0.6) is 0 Å². The molecule has 0 unspecified atom stereocenters. The van der Waals surface area contributed by atoms with E-state index in [0.717, 1.165) is 36.7 Å². The van der Waals surface area contributed by atoms with Gasteiger partial charge in [0.15, 0.2) is 5.82 Å². The molecule has 0 saturated carbocycles. The predicted molar refractivity (Wildman–Crippen MR) is 99.8 cm³/mol. The summed E-state index contributed by atoms with van der Waals surface area (Å²) in [7, 11) is 0. The van der Waals surface area contributed by atoms with Gasteiger partial charge in [-0.2, -0.15) is 9.50 Å². The smallest absolute Gasteiger partial charge is 0.325 e. The minimum absolute atomic E-state index is 0.504. The van der Waals surface area contributed by atoms with Gasteiger partial charge in [0.2, 0.25) is 0 Å². The molecule has 4 aromatic rings. The number of rotatable bonds is 3. The largest absolute Gasteiger partial charge is 0.425 e. The van der Waals surface area contributed by atoms with Crippen molar-refractivity contribution in [2.75, 3.05) is 0 Å². The van der Waals surface area contributed by atoms with Crippen LogP contribution in [0.25, 0.3) is 17.2 Å². The Balaban J connectivity index is 1.43. The topological polar surface area (TPSA) is 46.6 Å². The third-order valence-electron chi connectivity index (χ3n) is 4.90. The lowest BCUT2D eigenvalue weighted by molar-refractivity contribution is 0.252. The number of nitrogens with zero attached hydrogens (tertiary/aromatic N) is 4. The second-order valence-corrected chi connectivity index (χ2v) is 7.04. The number of aryl methyl sites for hydroxylation is 1. The first-order valence-electron chi connectivity index (χ1n) is 8.58. The minimum atomic E-state index is 0.504. The zero-order valence-corrected chi connectivity index (χ0v) is 15.1. The van der Waals surface area contributed by atoms with E-state index in [2.05, 4.69) is 39.2 Å². The van der Waals surface area contributed by atoms with Crippen molar-refractivity contribution < 1.29 is 4.42 Å². The third kappa shape index (κ3) is 2.52. The molecule has 0 N–H and O–H groups in total. The molecule has 0 amide bonds. The molecule has 0 fully saturated rings. The van der Waals surface area contributed by atoms with E-state index in [4.69, 9.17) is 16.0 Å². The van der Waals surface area contributed by atoms with E-state index < -0.39 is 0 Å². The fourth-order valence-corrected chi connectivity index (χ4v) is 3.73. The Morgan fingerprint density at radius 1 is 1.04 bits per heavy atom. The third-order valence-corrected chi connectivity index (χ3v) is 5.23. The molecule has 0 saturated heterocycles. The second kappa shape index (κ2) is 5.97. The molecule has 0 spiro atoms. The van der Waals surface area contributed by atoms with Crippen LogP contribution in [0.4, 0.5) is 0 Å². The highest BCUT2D eigenvalue weighted by molar-refractivity contribution is 6.33. The molecule has 130 valence electrons. The van der Waals surface area contributed by atoms with Crippen LogP contribution in [0.3, 0.4) is 0 Å². The summed E-state index contributed by atoms with van der Waals surface area (Å²) >= 11 is 6.26. The fourth-order valence-electron chi connectivity index (χ4n) is 3.51. The van der Waals surface area contributed by atoms with E-state index in [1.807, 2.05) is 31.2 Å². The summed E-state index contributed by atoms with van der Waals surface area (Å²) in [5.41, 5.74) is 4.56. The molecule has 5 nitrogen and oxygen atoms in total. The van der Waals surface area contributed by atoms with E-state index in [0.29, 0.717) is 16.7 Å². The van der Waals surface area contributed by atoms with Crippen molar-refractivity contribution in [1.82, 2.24) is 19.5 Å². The van der Waals surface area contributed by atoms with Gasteiger partial charge in [-0.05, 0) is 30.2 Å². The van der Waals surface area contributed by atoms with Crippen molar-refractivity contribution in [2.45, 2.75) is 26.6 Å². The number of oxazole rings is 1. The molecule has 6 heteroatoms. The molecule has 3 heterocycles. The number of hydrogen-bond acceptors (Lipinski definition) is 4. The Bertz CT molecular complexity index is 1090. The maximum Gasteiger partial charge on any atom is 0.325 e. The summed E-state index contributed by atoms with van der Waals surface area (Å²) < 4.78 is 7.77. The molecular formula is C20H17ClN4O. The van der Waals surface area contributed by atoms with E-state index >= 15 is 0 Å². The van der Waals surface area contributed by atoms with Gasteiger partial charge in [-0.3, -0.25) is 4.90 Å². The monoisotopic (exact) mass is 364 g/mol. The molecule has 2 aromatic carbocycles. The van der Waals surface area contributed by atoms with Crippen molar-refractivity contribution >= 4 is 17.4 Å². The van der Waals surface area contributed by atoms with Crippen molar-refractivity contribution in [1.29, 1.82) is 0 Å². The lowest BCUT2D eigenvalue weighted by Crippen LogP contribution is -2.16. The van der Waals surface area contributed by atoms with Crippen LogP contribution in [0, 0.1) is 6.92 Å².